The Balaban J connectivity index is 2.26. The average Bonchev–Trinajstić information content (AvgIpc) is 2.26. The first kappa shape index (κ1) is 12.5. The standard InChI is InChI=1S/C14H19F2N/c1-4-17-12-8-9(14(12,2)3)13-10(15)6-5-7-11(13)16/h5-7,9,12,17H,4,8H2,1-3H3. The van der Waals surface area contributed by atoms with Crippen molar-refractivity contribution in [3.63, 3.8) is 0 Å². The van der Waals surface area contributed by atoms with E-state index in [2.05, 4.69) is 19.2 Å². The van der Waals surface area contributed by atoms with Gasteiger partial charge in [-0.15, -0.1) is 0 Å². The van der Waals surface area contributed by atoms with Crippen LogP contribution in [-0.4, -0.2) is 12.6 Å². The lowest BCUT2D eigenvalue weighted by Crippen LogP contribution is -2.55. The van der Waals surface area contributed by atoms with Crippen LogP contribution in [0, 0.1) is 17.0 Å². The third-order valence-electron chi connectivity index (χ3n) is 4.07. The molecule has 1 aromatic carbocycles. The molecule has 2 unspecified atom stereocenters. The van der Waals surface area contributed by atoms with E-state index in [4.69, 9.17) is 0 Å². The van der Waals surface area contributed by atoms with Gasteiger partial charge in [0.25, 0.3) is 0 Å². The lowest BCUT2D eigenvalue weighted by Gasteiger charge is -2.53. The van der Waals surface area contributed by atoms with Crippen molar-refractivity contribution in [2.75, 3.05) is 6.54 Å². The fourth-order valence-electron chi connectivity index (χ4n) is 2.85. The van der Waals surface area contributed by atoms with E-state index in [1.165, 1.54) is 18.2 Å². The van der Waals surface area contributed by atoms with Gasteiger partial charge in [0.05, 0.1) is 0 Å². The smallest absolute Gasteiger partial charge is 0.129 e. The van der Waals surface area contributed by atoms with Crippen molar-refractivity contribution in [2.24, 2.45) is 5.41 Å². The van der Waals surface area contributed by atoms with Gasteiger partial charge in [-0.05, 0) is 36.4 Å². The molecule has 1 fully saturated rings. The van der Waals surface area contributed by atoms with Gasteiger partial charge in [0.15, 0.2) is 0 Å². The molecule has 2 rings (SSSR count). The molecule has 17 heavy (non-hydrogen) atoms. The molecule has 0 bridgehead atoms. The summed E-state index contributed by atoms with van der Waals surface area (Å²) in [6.45, 7) is 7.08. The minimum Gasteiger partial charge on any atom is -0.314 e. The molecule has 0 amide bonds. The van der Waals surface area contributed by atoms with Crippen molar-refractivity contribution in [3.8, 4) is 0 Å². The van der Waals surface area contributed by atoms with E-state index in [1.54, 1.807) is 0 Å². The summed E-state index contributed by atoms with van der Waals surface area (Å²) >= 11 is 0. The van der Waals surface area contributed by atoms with E-state index < -0.39 is 11.6 Å². The molecule has 0 aromatic heterocycles. The minimum absolute atomic E-state index is 0.0345. The van der Waals surface area contributed by atoms with Gasteiger partial charge < -0.3 is 5.32 Å². The first-order valence-corrected chi connectivity index (χ1v) is 6.15. The largest absolute Gasteiger partial charge is 0.314 e. The van der Waals surface area contributed by atoms with Crippen LogP contribution >= 0.6 is 0 Å². The van der Waals surface area contributed by atoms with Gasteiger partial charge in [-0.25, -0.2) is 8.78 Å². The van der Waals surface area contributed by atoms with E-state index in [1.807, 2.05) is 6.92 Å². The molecular weight excluding hydrogens is 220 g/mol. The molecule has 1 saturated carbocycles. The van der Waals surface area contributed by atoms with Crippen molar-refractivity contribution >= 4 is 0 Å². The second kappa shape index (κ2) is 4.37. The van der Waals surface area contributed by atoms with Crippen LogP contribution in [0.2, 0.25) is 0 Å². The monoisotopic (exact) mass is 239 g/mol. The van der Waals surface area contributed by atoms with E-state index in [0.29, 0.717) is 6.04 Å². The maximum Gasteiger partial charge on any atom is 0.129 e. The summed E-state index contributed by atoms with van der Waals surface area (Å²) in [6, 6.07) is 4.45. The maximum atomic E-state index is 13.7. The second-order valence-electron chi connectivity index (χ2n) is 5.36. The quantitative estimate of drug-likeness (QED) is 0.851. The summed E-state index contributed by atoms with van der Waals surface area (Å²) < 4.78 is 27.4. The summed E-state index contributed by atoms with van der Waals surface area (Å²) in [6.07, 6.45) is 0.804. The Morgan fingerprint density at radius 1 is 1.29 bits per heavy atom. The van der Waals surface area contributed by atoms with Crippen LogP contribution in [-0.2, 0) is 0 Å². The molecule has 3 heteroatoms. The number of benzene rings is 1. The Kier molecular flexibility index (Phi) is 3.21. The van der Waals surface area contributed by atoms with Gasteiger partial charge >= 0.3 is 0 Å². The predicted molar refractivity (Wildman–Crippen MR) is 65.0 cm³/mol. The lowest BCUT2D eigenvalue weighted by atomic mass is 9.56. The summed E-state index contributed by atoms with van der Waals surface area (Å²) in [5, 5.41) is 3.37. The van der Waals surface area contributed by atoms with E-state index >= 15 is 0 Å². The van der Waals surface area contributed by atoms with Crippen molar-refractivity contribution in [1.82, 2.24) is 5.32 Å². The van der Waals surface area contributed by atoms with Crippen LogP contribution in [0.15, 0.2) is 18.2 Å². The normalized spacial score (nSPS) is 26.6. The first-order valence-electron chi connectivity index (χ1n) is 6.15. The molecule has 1 nitrogen and oxygen atoms in total. The Bertz CT molecular complexity index is 394. The second-order valence-corrected chi connectivity index (χ2v) is 5.36. The molecule has 1 aromatic rings. The van der Waals surface area contributed by atoms with Gasteiger partial charge in [0.1, 0.15) is 11.6 Å². The Morgan fingerprint density at radius 3 is 2.35 bits per heavy atom. The van der Waals surface area contributed by atoms with Crippen LogP contribution in [0.4, 0.5) is 8.78 Å². The van der Waals surface area contributed by atoms with Crippen molar-refractivity contribution in [1.29, 1.82) is 0 Å². The van der Waals surface area contributed by atoms with Gasteiger partial charge in [-0.2, -0.15) is 0 Å². The molecule has 1 aliphatic carbocycles. The van der Waals surface area contributed by atoms with Crippen molar-refractivity contribution < 1.29 is 8.78 Å². The topological polar surface area (TPSA) is 12.0 Å². The van der Waals surface area contributed by atoms with Crippen LogP contribution < -0.4 is 5.32 Å². The lowest BCUT2D eigenvalue weighted by molar-refractivity contribution is 0.0659. The average molecular weight is 239 g/mol. The molecule has 0 radical (unpaired) electrons. The van der Waals surface area contributed by atoms with E-state index in [9.17, 15) is 8.78 Å². The number of hydrogen-bond acceptors (Lipinski definition) is 1. The zero-order valence-corrected chi connectivity index (χ0v) is 10.6. The van der Waals surface area contributed by atoms with Gasteiger partial charge in [0.2, 0.25) is 0 Å². The first-order chi connectivity index (χ1) is 7.98. The Morgan fingerprint density at radius 2 is 1.88 bits per heavy atom. The number of rotatable bonds is 3. The Labute approximate surface area is 101 Å². The van der Waals surface area contributed by atoms with Gasteiger partial charge in [0, 0.05) is 11.6 Å². The third kappa shape index (κ3) is 1.97. The molecule has 0 aliphatic heterocycles. The number of halogens is 2. The molecule has 0 spiro atoms. The highest BCUT2D eigenvalue weighted by Gasteiger charge is 2.49. The van der Waals surface area contributed by atoms with E-state index in [-0.39, 0.29) is 16.9 Å². The summed E-state index contributed by atoms with van der Waals surface area (Å²) in [5.74, 6) is -0.871. The van der Waals surface area contributed by atoms with Crippen LogP contribution in [0.1, 0.15) is 38.7 Å². The van der Waals surface area contributed by atoms with Crippen molar-refractivity contribution in [3.05, 3.63) is 35.4 Å². The van der Waals surface area contributed by atoms with Crippen molar-refractivity contribution in [2.45, 2.75) is 39.2 Å². The zero-order chi connectivity index (χ0) is 12.6. The van der Waals surface area contributed by atoms with Gasteiger partial charge in [-0.3, -0.25) is 0 Å². The summed E-state index contributed by atoms with van der Waals surface area (Å²) in [5.41, 5.74) is 0.158. The third-order valence-corrected chi connectivity index (χ3v) is 4.07. The summed E-state index contributed by atoms with van der Waals surface area (Å²) in [7, 11) is 0. The molecule has 2 atom stereocenters. The van der Waals surface area contributed by atoms with Crippen LogP contribution in [0.5, 0.6) is 0 Å². The SMILES string of the molecule is CCNC1CC(c2c(F)cccc2F)C1(C)C. The van der Waals surface area contributed by atoms with Crippen LogP contribution in [0.3, 0.4) is 0 Å². The number of nitrogens with one attached hydrogen (secondary N) is 1. The predicted octanol–water partition coefficient (Wildman–Crippen LogP) is 3.46. The summed E-state index contributed by atoms with van der Waals surface area (Å²) in [4.78, 5) is 0. The fourth-order valence-corrected chi connectivity index (χ4v) is 2.85. The zero-order valence-electron chi connectivity index (χ0n) is 10.6. The fraction of sp³-hybridized carbons (Fsp3) is 0.571. The molecule has 94 valence electrons. The Hall–Kier alpha value is -0.960. The highest BCUT2D eigenvalue weighted by molar-refractivity contribution is 5.30. The molecule has 1 N–H and O–H groups in total. The highest BCUT2D eigenvalue weighted by Crippen LogP contribution is 2.53. The number of hydrogen-bond donors (Lipinski definition) is 1. The molecule has 0 saturated heterocycles. The van der Waals surface area contributed by atoms with E-state index in [0.717, 1.165) is 13.0 Å². The van der Waals surface area contributed by atoms with Crippen LogP contribution in [0.25, 0.3) is 0 Å². The molecule has 0 heterocycles. The molecular formula is C14H19F2N. The maximum absolute atomic E-state index is 13.7. The highest BCUT2D eigenvalue weighted by atomic mass is 19.1. The minimum atomic E-state index is -0.418. The van der Waals surface area contributed by atoms with Gasteiger partial charge in [-0.1, -0.05) is 26.8 Å². The molecule has 1 aliphatic rings.